The lowest BCUT2D eigenvalue weighted by atomic mass is 10.00. The minimum atomic E-state index is 0.233. The molecular formula is C14H19N5. The molecule has 1 aromatic carbocycles. The minimum absolute atomic E-state index is 0.233. The Morgan fingerprint density at radius 1 is 1.37 bits per heavy atom. The summed E-state index contributed by atoms with van der Waals surface area (Å²) in [7, 11) is 0. The molecule has 3 N–H and O–H groups in total. The molecule has 0 saturated heterocycles. The second kappa shape index (κ2) is 4.91. The number of fused-ring (bicyclic) bond motifs is 1. The van der Waals surface area contributed by atoms with Crippen molar-refractivity contribution in [2.45, 2.75) is 32.2 Å². The van der Waals surface area contributed by atoms with E-state index < -0.39 is 0 Å². The fourth-order valence-corrected chi connectivity index (χ4v) is 2.62. The van der Waals surface area contributed by atoms with Gasteiger partial charge in [-0.1, -0.05) is 37.6 Å². The average molecular weight is 257 g/mol. The third-order valence-electron chi connectivity index (χ3n) is 3.55. The SMILES string of the molecule is CCCc1ccc(C2CCNc3nc(N)nn32)cc1. The lowest BCUT2D eigenvalue weighted by Gasteiger charge is -2.24. The van der Waals surface area contributed by atoms with Crippen molar-refractivity contribution in [1.82, 2.24) is 14.8 Å². The molecule has 1 aliphatic heterocycles. The maximum Gasteiger partial charge on any atom is 0.241 e. The fourth-order valence-electron chi connectivity index (χ4n) is 2.62. The summed E-state index contributed by atoms with van der Waals surface area (Å²) < 4.78 is 1.90. The van der Waals surface area contributed by atoms with Crippen LogP contribution in [-0.2, 0) is 6.42 Å². The van der Waals surface area contributed by atoms with Crippen LogP contribution >= 0.6 is 0 Å². The molecule has 0 radical (unpaired) electrons. The number of nitrogens with one attached hydrogen (secondary N) is 1. The van der Waals surface area contributed by atoms with Gasteiger partial charge in [0.2, 0.25) is 11.9 Å². The Morgan fingerprint density at radius 2 is 2.16 bits per heavy atom. The molecule has 0 fully saturated rings. The van der Waals surface area contributed by atoms with Gasteiger partial charge in [0.15, 0.2) is 0 Å². The zero-order chi connectivity index (χ0) is 13.2. The van der Waals surface area contributed by atoms with E-state index in [0.29, 0.717) is 5.95 Å². The van der Waals surface area contributed by atoms with E-state index in [9.17, 15) is 0 Å². The van der Waals surface area contributed by atoms with Gasteiger partial charge in [-0.05, 0) is 24.0 Å². The number of benzene rings is 1. The topological polar surface area (TPSA) is 68.8 Å². The number of anilines is 2. The maximum atomic E-state index is 5.68. The zero-order valence-electron chi connectivity index (χ0n) is 11.1. The van der Waals surface area contributed by atoms with Crippen molar-refractivity contribution in [3.05, 3.63) is 35.4 Å². The number of hydrogen-bond donors (Lipinski definition) is 2. The quantitative estimate of drug-likeness (QED) is 0.884. The Balaban J connectivity index is 1.90. The molecule has 1 aromatic heterocycles. The van der Waals surface area contributed by atoms with Crippen LogP contribution in [0.5, 0.6) is 0 Å². The summed E-state index contributed by atoms with van der Waals surface area (Å²) in [5.74, 6) is 1.10. The monoisotopic (exact) mass is 257 g/mol. The molecule has 0 bridgehead atoms. The van der Waals surface area contributed by atoms with Gasteiger partial charge in [-0.15, -0.1) is 5.10 Å². The molecule has 2 aromatic rings. The molecule has 5 nitrogen and oxygen atoms in total. The van der Waals surface area contributed by atoms with Gasteiger partial charge in [-0.2, -0.15) is 4.98 Å². The third-order valence-corrected chi connectivity index (χ3v) is 3.55. The molecule has 3 rings (SSSR count). The molecular weight excluding hydrogens is 238 g/mol. The second-order valence-electron chi connectivity index (χ2n) is 4.96. The van der Waals surface area contributed by atoms with Gasteiger partial charge < -0.3 is 11.1 Å². The Hall–Kier alpha value is -2.04. The smallest absolute Gasteiger partial charge is 0.241 e. The second-order valence-corrected chi connectivity index (χ2v) is 4.96. The zero-order valence-corrected chi connectivity index (χ0v) is 11.1. The first-order valence-corrected chi connectivity index (χ1v) is 6.82. The van der Waals surface area contributed by atoms with E-state index in [4.69, 9.17) is 5.73 Å². The van der Waals surface area contributed by atoms with E-state index >= 15 is 0 Å². The van der Waals surface area contributed by atoms with Crippen molar-refractivity contribution >= 4 is 11.9 Å². The van der Waals surface area contributed by atoms with Crippen molar-refractivity contribution in [2.24, 2.45) is 0 Å². The normalized spacial score (nSPS) is 17.8. The van der Waals surface area contributed by atoms with Crippen molar-refractivity contribution in [1.29, 1.82) is 0 Å². The number of hydrogen-bond acceptors (Lipinski definition) is 4. The van der Waals surface area contributed by atoms with E-state index in [0.717, 1.165) is 25.3 Å². The molecule has 19 heavy (non-hydrogen) atoms. The van der Waals surface area contributed by atoms with Crippen molar-refractivity contribution in [3.8, 4) is 0 Å². The molecule has 0 spiro atoms. The highest BCUT2D eigenvalue weighted by Crippen LogP contribution is 2.28. The van der Waals surface area contributed by atoms with Crippen LogP contribution in [0.4, 0.5) is 11.9 Å². The molecule has 100 valence electrons. The number of nitrogens with two attached hydrogens (primary N) is 1. The van der Waals surface area contributed by atoms with Crippen LogP contribution in [-0.4, -0.2) is 21.3 Å². The predicted octanol–water partition coefficient (Wildman–Crippen LogP) is 2.22. The Morgan fingerprint density at radius 3 is 2.89 bits per heavy atom. The molecule has 1 aliphatic rings. The first-order valence-electron chi connectivity index (χ1n) is 6.82. The van der Waals surface area contributed by atoms with Crippen molar-refractivity contribution < 1.29 is 0 Å². The highest BCUT2D eigenvalue weighted by atomic mass is 15.4. The molecule has 0 saturated carbocycles. The highest BCUT2D eigenvalue weighted by Gasteiger charge is 2.23. The third kappa shape index (κ3) is 2.28. The molecule has 1 atom stereocenters. The number of rotatable bonds is 3. The van der Waals surface area contributed by atoms with Gasteiger partial charge in [0, 0.05) is 6.54 Å². The Bertz CT molecular complexity index is 558. The van der Waals surface area contributed by atoms with Gasteiger partial charge in [0.25, 0.3) is 0 Å². The van der Waals surface area contributed by atoms with Gasteiger partial charge in [-0.25, -0.2) is 4.68 Å². The van der Waals surface area contributed by atoms with E-state index in [1.165, 1.54) is 17.5 Å². The van der Waals surface area contributed by atoms with Gasteiger partial charge in [0.05, 0.1) is 6.04 Å². The Labute approximate surface area is 112 Å². The van der Waals surface area contributed by atoms with Gasteiger partial charge >= 0.3 is 0 Å². The summed E-state index contributed by atoms with van der Waals surface area (Å²) in [5.41, 5.74) is 8.34. The maximum absolute atomic E-state index is 5.68. The van der Waals surface area contributed by atoms with Crippen LogP contribution in [0.3, 0.4) is 0 Å². The van der Waals surface area contributed by atoms with Gasteiger partial charge in [0.1, 0.15) is 0 Å². The number of aryl methyl sites for hydroxylation is 1. The first kappa shape index (κ1) is 12.0. The van der Waals surface area contributed by atoms with Crippen LogP contribution in [0.25, 0.3) is 0 Å². The number of nitrogen functional groups attached to an aromatic ring is 1. The van der Waals surface area contributed by atoms with E-state index in [1.54, 1.807) is 0 Å². The summed E-state index contributed by atoms with van der Waals surface area (Å²) in [6.45, 7) is 3.10. The van der Waals surface area contributed by atoms with Crippen molar-refractivity contribution in [3.63, 3.8) is 0 Å². The number of aromatic nitrogens is 3. The van der Waals surface area contributed by atoms with Crippen LogP contribution in [0.1, 0.15) is 36.9 Å². The van der Waals surface area contributed by atoms with Gasteiger partial charge in [-0.3, -0.25) is 0 Å². The lowest BCUT2D eigenvalue weighted by molar-refractivity contribution is 0.481. The largest absolute Gasteiger partial charge is 0.366 e. The van der Waals surface area contributed by atoms with E-state index in [2.05, 4.69) is 46.6 Å². The summed E-state index contributed by atoms with van der Waals surface area (Å²) in [6.07, 6.45) is 3.31. The molecule has 5 heteroatoms. The van der Waals surface area contributed by atoms with Crippen LogP contribution in [0.15, 0.2) is 24.3 Å². The Kier molecular flexibility index (Phi) is 3.11. The summed E-state index contributed by atoms with van der Waals surface area (Å²) >= 11 is 0. The summed E-state index contributed by atoms with van der Waals surface area (Å²) in [6, 6.07) is 9.05. The average Bonchev–Trinajstić information content (AvgIpc) is 2.80. The summed E-state index contributed by atoms with van der Waals surface area (Å²) in [5, 5.41) is 7.51. The van der Waals surface area contributed by atoms with E-state index in [1.807, 2.05) is 4.68 Å². The fraction of sp³-hybridized carbons (Fsp3) is 0.429. The standard InChI is InChI=1S/C14H19N5/c1-2-3-10-4-6-11(7-5-10)12-8-9-16-14-17-13(15)18-19(12)14/h4-7,12H,2-3,8-9H2,1H3,(H3,15,16,17,18). The van der Waals surface area contributed by atoms with Crippen LogP contribution in [0, 0.1) is 0 Å². The molecule has 1 unspecified atom stereocenters. The summed E-state index contributed by atoms with van der Waals surface area (Å²) in [4.78, 5) is 4.19. The van der Waals surface area contributed by atoms with Crippen LogP contribution < -0.4 is 11.1 Å². The molecule has 2 heterocycles. The first-order chi connectivity index (χ1) is 9.28. The van der Waals surface area contributed by atoms with E-state index in [-0.39, 0.29) is 6.04 Å². The predicted molar refractivity (Wildman–Crippen MR) is 76.1 cm³/mol. The highest BCUT2D eigenvalue weighted by molar-refractivity contribution is 5.37. The van der Waals surface area contributed by atoms with Crippen LogP contribution in [0.2, 0.25) is 0 Å². The van der Waals surface area contributed by atoms with Crippen molar-refractivity contribution in [2.75, 3.05) is 17.6 Å². The lowest BCUT2D eigenvalue weighted by Crippen LogP contribution is -2.24. The minimum Gasteiger partial charge on any atom is -0.366 e. The molecule has 0 amide bonds. The molecule has 0 aliphatic carbocycles. The number of nitrogens with zero attached hydrogens (tertiary/aromatic N) is 3.